The number of rotatable bonds is 16. The Kier molecular flexibility index (Phi) is 11.0. The van der Waals surface area contributed by atoms with Crippen molar-refractivity contribution in [1.29, 1.82) is 0 Å². The van der Waals surface area contributed by atoms with Gasteiger partial charge < -0.3 is 20.6 Å². The SMILES string of the molecule is CC(C)(N)CC(C)(N)C(C)(C)C(=O)OCCC(F)(F)OC(F)(F)OC(F)(F)CCSc1ccc2cc(-c3cccnc3)oc2c1. The maximum Gasteiger partial charge on any atom is 0.494 e. The Balaban J connectivity index is 1.49. The molecule has 3 rings (SSSR count). The zero-order valence-corrected chi connectivity index (χ0v) is 26.3. The van der Waals surface area contributed by atoms with Crippen LogP contribution in [0.1, 0.15) is 53.9 Å². The minimum Gasteiger partial charge on any atom is -0.465 e. The van der Waals surface area contributed by atoms with Crippen molar-refractivity contribution in [2.45, 2.75) is 88.4 Å². The molecule has 0 aliphatic carbocycles. The molecule has 0 saturated heterocycles. The Morgan fingerprint density at radius 2 is 1.58 bits per heavy atom. The van der Waals surface area contributed by atoms with Gasteiger partial charge >= 0.3 is 24.5 Å². The third kappa shape index (κ3) is 10.6. The second kappa shape index (κ2) is 13.5. The van der Waals surface area contributed by atoms with Crippen molar-refractivity contribution in [3.05, 3.63) is 48.8 Å². The molecule has 4 N–H and O–H groups in total. The Hall–Kier alpha value is -2.85. The zero-order chi connectivity index (χ0) is 33.9. The number of carbonyl (C=O) groups excluding carboxylic acids is 1. The van der Waals surface area contributed by atoms with E-state index in [9.17, 15) is 31.1 Å². The number of benzene rings is 1. The molecule has 0 spiro atoms. The topological polar surface area (TPSA) is 123 Å². The van der Waals surface area contributed by atoms with Crippen molar-refractivity contribution in [2.24, 2.45) is 16.9 Å². The molecule has 1 aromatic carbocycles. The summed E-state index contributed by atoms with van der Waals surface area (Å²) in [6, 6.07) is 10.3. The molecular weight excluding hydrogens is 628 g/mol. The van der Waals surface area contributed by atoms with Crippen LogP contribution in [0, 0.1) is 5.41 Å². The number of pyridine rings is 1. The van der Waals surface area contributed by atoms with Gasteiger partial charge in [0, 0.05) is 51.5 Å². The number of nitrogens with two attached hydrogens (primary N) is 2. The van der Waals surface area contributed by atoms with E-state index in [1.807, 2.05) is 0 Å². The average Bonchev–Trinajstić information content (AvgIpc) is 3.29. The molecule has 0 aliphatic heterocycles. The first-order valence-corrected chi connectivity index (χ1v) is 14.9. The third-order valence-electron chi connectivity index (χ3n) is 7.02. The summed E-state index contributed by atoms with van der Waals surface area (Å²) in [4.78, 5) is 17.1. The highest BCUT2D eigenvalue weighted by Crippen LogP contribution is 2.39. The lowest BCUT2D eigenvalue weighted by atomic mass is 9.68. The summed E-state index contributed by atoms with van der Waals surface area (Å²) in [5.41, 5.74) is 10.0. The molecule has 0 amide bonds. The summed E-state index contributed by atoms with van der Waals surface area (Å²) >= 11 is 0.896. The lowest BCUT2D eigenvalue weighted by Gasteiger charge is -2.42. The second-order valence-electron chi connectivity index (χ2n) is 12.2. The van der Waals surface area contributed by atoms with Crippen molar-refractivity contribution in [3.63, 3.8) is 0 Å². The predicted octanol–water partition coefficient (Wildman–Crippen LogP) is 7.55. The van der Waals surface area contributed by atoms with Crippen LogP contribution >= 0.6 is 11.8 Å². The van der Waals surface area contributed by atoms with Crippen LogP contribution in [0.4, 0.5) is 26.3 Å². The Morgan fingerprint density at radius 3 is 2.18 bits per heavy atom. The van der Waals surface area contributed by atoms with Gasteiger partial charge in [-0.15, -0.1) is 20.5 Å². The number of thioether (sulfide) groups is 1. The van der Waals surface area contributed by atoms with E-state index in [1.165, 1.54) is 20.8 Å². The maximum atomic E-state index is 14.2. The van der Waals surface area contributed by atoms with Gasteiger partial charge in [0.25, 0.3) is 0 Å². The maximum absolute atomic E-state index is 14.2. The lowest BCUT2D eigenvalue weighted by Crippen LogP contribution is -2.59. The highest BCUT2D eigenvalue weighted by Gasteiger charge is 2.52. The number of esters is 1. The molecule has 2 aromatic heterocycles. The van der Waals surface area contributed by atoms with Gasteiger partial charge in [0.05, 0.1) is 18.4 Å². The minimum atomic E-state index is -5.36. The van der Waals surface area contributed by atoms with Crippen LogP contribution < -0.4 is 11.5 Å². The first-order valence-electron chi connectivity index (χ1n) is 13.9. The number of halogens is 6. The van der Waals surface area contributed by atoms with Gasteiger partial charge in [0.2, 0.25) is 0 Å². The summed E-state index contributed by atoms with van der Waals surface area (Å²) < 4.78 is 102. The molecule has 0 radical (unpaired) electrons. The van der Waals surface area contributed by atoms with Gasteiger partial charge in [-0.2, -0.15) is 17.6 Å². The monoisotopic (exact) mass is 665 g/mol. The number of hydrogen-bond donors (Lipinski definition) is 2. The van der Waals surface area contributed by atoms with Crippen molar-refractivity contribution >= 4 is 28.7 Å². The van der Waals surface area contributed by atoms with E-state index in [4.69, 9.17) is 20.6 Å². The van der Waals surface area contributed by atoms with Gasteiger partial charge in [-0.1, -0.05) is 0 Å². The Bertz CT molecular complexity index is 1440. The average molecular weight is 666 g/mol. The minimum absolute atomic E-state index is 0.157. The molecule has 2 heterocycles. The molecule has 3 aromatic rings. The summed E-state index contributed by atoms with van der Waals surface area (Å²) in [5, 5.41) is 0.747. The normalized spacial score (nSPS) is 14.9. The molecule has 250 valence electrons. The number of alkyl halides is 6. The molecule has 45 heavy (non-hydrogen) atoms. The molecule has 8 nitrogen and oxygen atoms in total. The van der Waals surface area contributed by atoms with Gasteiger partial charge in [-0.25, -0.2) is 9.47 Å². The van der Waals surface area contributed by atoms with Gasteiger partial charge in [0.1, 0.15) is 11.3 Å². The highest BCUT2D eigenvalue weighted by molar-refractivity contribution is 7.99. The standard InChI is InChI=1S/C30H37F6N3O5S/c1-25(2,37)18-27(5,38)26(3,4)24(40)41-13-10-28(31,32)43-30(35,36)44-29(33,34)11-14-45-21-9-8-19-15-22(42-23(19)16-21)20-7-6-12-39-17-20/h6-9,12,15-17H,10-11,13-14,18,37-38H2,1-5H3. The van der Waals surface area contributed by atoms with E-state index >= 15 is 0 Å². The van der Waals surface area contributed by atoms with Gasteiger partial charge in [-0.05, 0) is 77.4 Å². The van der Waals surface area contributed by atoms with Crippen LogP contribution in [0.3, 0.4) is 0 Å². The van der Waals surface area contributed by atoms with E-state index in [0.717, 1.165) is 22.7 Å². The summed E-state index contributed by atoms with van der Waals surface area (Å²) in [6.07, 6.45) is -14.0. The van der Waals surface area contributed by atoms with Crippen LogP contribution in [-0.4, -0.2) is 52.9 Å². The van der Waals surface area contributed by atoms with E-state index < -0.39 is 66.2 Å². The summed E-state index contributed by atoms with van der Waals surface area (Å²) in [7, 11) is 0. The number of carbonyl (C=O) groups is 1. The predicted molar refractivity (Wildman–Crippen MR) is 157 cm³/mol. The first kappa shape index (κ1) is 36.6. The molecule has 1 atom stereocenters. The molecule has 0 saturated carbocycles. The number of aromatic nitrogens is 1. The van der Waals surface area contributed by atoms with Crippen LogP contribution in [-0.2, 0) is 19.0 Å². The first-order chi connectivity index (χ1) is 20.5. The van der Waals surface area contributed by atoms with E-state index in [0.29, 0.717) is 16.2 Å². The fraction of sp³-hybridized carbons (Fsp3) is 0.533. The number of ether oxygens (including phenoxy) is 3. The van der Waals surface area contributed by atoms with Crippen molar-refractivity contribution in [3.8, 4) is 11.3 Å². The highest BCUT2D eigenvalue weighted by atomic mass is 32.2. The quantitative estimate of drug-likeness (QED) is 0.0691. The fourth-order valence-corrected chi connectivity index (χ4v) is 5.28. The largest absolute Gasteiger partial charge is 0.494 e. The Morgan fingerprint density at radius 1 is 0.933 bits per heavy atom. The molecule has 0 aliphatic rings. The van der Waals surface area contributed by atoms with Gasteiger partial charge in [0.15, 0.2) is 0 Å². The number of hydrogen-bond acceptors (Lipinski definition) is 9. The molecule has 0 fully saturated rings. The summed E-state index contributed by atoms with van der Waals surface area (Å²) in [5.74, 6) is -0.847. The van der Waals surface area contributed by atoms with Gasteiger partial charge in [-0.3, -0.25) is 9.78 Å². The fourth-order valence-electron chi connectivity index (χ4n) is 4.35. The molecular formula is C30H37F6N3O5S. The van der Waals surface area contributed by atoms with Crippen molar-refractivity contribution in [1.82, 2.24) is 4.98 Å². The number of nitrogens with zero attached hydrogens (tertiary/aromatic N) is 1. The number of furan rings is 1. The van der Waals surface area contributed by atoms with Crippen molar-refractivity contribution < 1.29 is 49.8 Å². The van der Waals surface area contributed by atoms with Crippen LogP contribution in [0.5, 0.6) is 0 Å². The van der Waals surface area contributed by atoms with E-state index in [-0.39, 0.29) is 6.42 Å². The number of fused-ring (bicyclic) bond motifs is 1. The molecule has 15 heteroatoms. The van der Waals surface area contributed by atoms with Crippen LogP contribution in [0.2, 0.25) is 0 Å². The lowest BCUT2D eigenvalue weighted by molar-refractivity contribution is -0.514. The summed E-state index contributed by atoms with van der Waals surface area (Å²) in [6.45, 7) is 6.69. The molecule has 0 bridgehead atoms. The van der Waals surface area contributed by atoms with E-state index in [2.05, 4.69) is 14.5 Å². The molecule has 1 unspecified atom stereocenters. The van der Waals surface area contributed by atoms with E-state index in [1.54, 1.807) is 62.6 Å². The van der Waals surface area contributed by atoms with Crippen molar-refractivity contribution in [2.75, 3.05) is 12.4 Å². The zero-order valence-electron chi connectivity index (χ0n) is 25.5. The third-order valence-corrected chi connectivity index (χ3v) is 8.02. The second-order valence-corrected chi connectivity index (χ2v) is 13.4. The van der Waals surface area contributed by atoms with Crippen LogP contribution in [0.25, 0.3) is 22.3 Å². The Labute approximate surface area is 261 Å². The smallest absolute Gasteiger partial charge is 0.465 e. The van der Waals surface area contributed by atoms with Crippen LogP contribution in [0.15, 0.2) is 58.1 Å².